The molecular formula is C21H22N2O3. The molecule has 2 aromatic rings. The van der Waals surface area contributed by atoms with Gasteiger partial charge < -0.3 is 14.8 Å². The standard InChI is InChI=1S/C21H22N2O3/c1-4-25-19-10-9-16(13-20(19)26-5-2)12-17(14-22)21(24)23-18-8-6-7-15(3)11-18/h6-13H,4-5H2,1-3H3,(H,23,24). The van der Waals surface area contributed by atoms with Crippen molar-refractivity contribution >= 4 is 17.7 Å². The number of hydrogen-bond acceptors (Lipinski definition) is 4. The number of nitriles is 1. The van der Waals surface area contributed by atoms with Gasteiger partial charge >= 0.3 is 0 Å². The molecule has 134 valence electrons. The van der Waals surface area contributed by atoms with E-state index in [1.54, 1.807) is 24.3 Å². The molecule has 0 atom stereocenters. The number of benzene rings is 2. The van der Waals surface area contributed by atoms with Gasteiger partial charge in [-0.15, -0.1) is 0 Å². The average Bonchev–Trinajstić information content (AvgIpc) is 2.62. The molecule has 0 aliphatic heterocycles. The third-order valence-electron chi connectivity index (χ3n) is 3.52. The van der Waals surface area contributed by atoms with Crippen LogP contribution in [0.1, 0.15) is 25.0 Å². The number of hydrogen-bond donors (Lipinski definition) is 1. The highest BCUT2D eigenvalue weighted by molar-refractivity contribution is 6.09. The maximum atomic E-state index is 12.4. The van der Waals surface area contributed by atoms with Crippen LogP contribution in [-0.4, -0.2) is 19.1 Å². The van der Waals surface area contributed by atoms with E-state index in [4.69, 9.17) is 9.47 Å². The zero-order valence-electron chi connectivity index (χ0n) is 15.2. The fourth-order valence-electron chi connectivity index (χ4n) is 2.39. The van der Waals surface area contributed by atoms with Gasteiger partial charge in [0.15, 0.2) is 11.5 Å². The number of aryl methyl sites for hydroxylation is 1. The first kappa shape index (κ1) is 19.1. The molecule has 5 heteroatoms. The van der Waals surface area contributed by atoms with E-state index >= 15 is 0 Å². The van der Waals surface area contributed by atoms with Gasteiger partial charge in [0.2, 0.25) is 0 Å². The number of carbonyl (C=O) groups is 1. The lowest BCUT2D eigenvalue weighted by molar-refractivity contribution is -0.112. The first-order valence-corrected chi connectivity index (χ1v) is 8.46. The molecule has 1 N–H and O–H groups in total. The zero-order chi connectivity index (χ0) is 18.9. The van der Waals surface area contributed by atoms with Gasteiger partial charge in [0.05, 0.1) is 13.2 Å². The minimum Gasteiger partial charge on any atom is -0.490 e. The number of rotatable bonds is 7. The number of anilines is 1. The lowest BCUT2D eigenvalue weighted by atomic mass is 10.1. The highest BCUT2D eigenvalue weighted by Gasteiger charge is 2.11. The summed E-state index contributed by atoms with van der Waals surface area (Å²) in [5.74, 6) is 0.763. The van der Waals surface area contributed by atoms with Crippen LogP contribution in [0.4, 0.5) is 5.69 Å². The van der Waals surface area contributed by atoms with Crippen molar-refractivity contribution in [3.63, 3.8) is 0 Å². The second-order valence-corrected chi connectivity index (χ2v) is 5.57. The van der Waals surface area contributed by atoms with Crippen LogP contribution in [-0.2, 0) is 4.79 Å². The third-order valence-corrected chi connectivity index (χ3v) is 3.52. The maximum Gasteiger partial charge on any atom is 0.266 e. The van der Waals surface area contributed by atoms with E-state index in [0.717, 1.165) is 5.56 Å². The van der Waals surface area contributed by atoms with Crippen LogP contribution in [0.3, 0.4) is 0 Å². The summed E-state index contributed by atoms with van der Waals surface area (Å²) < 4.78 is 11.1. The molecule has 0 heterocycles. The Labute approximate surface area is 153 Å². The van der Waals surface area contributed by atoms with Crippen LogP contribution in [0.5, 0.6) is 11.5 Å². The maximum absolute atomic E-state index is 12.4. The van der Waals surface area contributed by atoms with Crippen molar-refractivity contribution in [3.8, 4) is 17.6 Å². The van der Waals surface area contributed by atoms with E-state index in [1.165, 1.54) is 6.08 Å². The smallest absolute Gasteiger partial charge is 0.266 e. The van der Waals surface area contributed by atoms with Gasteiger partial charge in [-0.25, -0.2) is 0 Å². The Morgan fingerprint density at radius 3 is 2.50 bits per heavy atom. The van der Waals surface area contributed by atoms with Crippen molar-refractivity contribution in [2.75, 3.05) is 18.5 Å². The number of amides is 1. The molecule has 2 aromatic carbocycles. The van der Waals surface area contributed by atoms with Gasteiger partial charge in [0.1, 0.15) is 11.6 Å². The Bertz CT molecular complexity index is 851. The molecule has 5 nitrogen and oxygen atoms in total. The normalized spacial score (nSPS) is 10.8. The van der Waals surface area contributed by atoms with Crippen molar-refractivity contribution in [2.45, 2.75) is 20.8 Å². The molecule has 0 saturated carbocycles. The Balaban J connectivity index is 2.25. The Kier molecular flexibility index (Phi) is 6.81. The number of carbonyl (C=O) groups excluding carboxylic acids is 1. The van der Waals surface area contributed by atoms with Gasteiger partial charge in [-0.2, -0.15) is 5.26 Å². The van der Waals surface area contributed by atoms with Crippen molar-refractivity contribution in [2.24, 2.45) is 0 Å². The van der Waals surface area contributed by atoms with Crippen molar-refractivity contribution in [1.82, 2.24) is 0 Å². The summed E-state index contributed by atoms with van der Waals surface area (Å²) in [5.41, 5.74) is 2.38. The average molecular weight is 350 g/mol. The lowest BCUT2D eigenvalue weighted by Gasteiger charge is -2.11. The van der Waals surface area contributed by atoms with E-state index in [-0.39, 0.29) is 5.57 Å². The van der Waals surface area contributed by atoms with Crippen LogP contribution in [0, 0.1) is 18.3 Å². The molecule has 2 rings (SSSR count). The second-order valence-electron chi connectivity index (χ2n) is 5.57. The fraction of sp³-hybridized carbons (Fsp3) is 0.238. The molecule has 1 amide bonds. The quantitative estimate of drug-likeness (QED) is 0.596. The minimum absolute atomic E-state index is 0.0121. The first-order chi connectivity index (χ1) is 12.6. The highest BCUT2D eigenvalue weighted by atomic mass is 16.5. The Morgan fingerprint density at radius 1 is 1.12 bits per heavy atom. The van der Waals surface area contributed by atoms with E-state index in [0.29, 0.717) is 36.0 Å². The topological polar surface area (TPSA) is 71.3 Å². The summed E-state index contributed by atoms with van der Waals surface area (Å²) >= 11 is 0. The summed E-state index contributed by atoms with van der Waals surface area (Å²) in [7, 11) is 0. The molecule has 0 aliphatic rings. The molecular weight excluding hydrogens is 328 g/mol. The van der Waals surface area contributed by atoms with E-state index in [2.05, 4.69) is 5.32 Å². The second kappa shape index (κ2) is 9.28. The van der Waals surface area contributed by atoms with Crippen LogP contribution in [0.15, 0.2) is 48.0 Å². The largest absolute Gasteiger partial charge is 0.490 e. The van der Waals surface area contributed by atoms with Crippen molar-refractivity contribution < 1.29 is 14.3 Å². The van der Waals surface area contributed by atoms with Crippen molar-refractivity contribution in [3.05, 3.63) is 59.2 Å². The third kappa shape index (κ3) is 5.12. The Morgan fingerprint density at radius 2 is 1.85 bits per heavy atom. The van der Waals surface area contributed by atoms with Gasteiger partial charge in [-0.1, -0.05) is 18.2 Å². The molecule has 0 aromatic heterocycles. The van der Waals surface area contributed by atoms with E-state index < -0.39 is 5.91 Å². The monoisotopic (exact) mass is 350 g/mol. The van der Waals surface area contributed by atoms with Gasteiger partial charge in [0, 0.05) is 5.69 Å². The highest BCUT2D eigenvalue weighted by Crippen LogP contribution is 2.29. The van der Waals surface area contributed by atoms with Crippen LogP contribution in [0.25, 0.3) is 6.08 Å². The number of nitrogens with one attached hydrogen (secondary N) is 1. The predicted molar refractivity (Wildman–Crippen MR) is 102 cm³/mol. The van der Waals surface area contributed by atoms with Crippen LogP contribution in [0.2, 0.25) is 0 Å². The molecule has 26 heavy (non-hydrogen) atoms. The molecule has 0 saturated heterocycles. The van der Waals surface area contributed by atoms with E-state index in [1.807, 2.05) is 45.0 Å². The molecule has 0 bridgehead atoms. The SMILES string of the molecule is CCOc1ccc(C=C(C#N)C(=O)Nc2cccc(C)c2)cc1OCC. The zero-order valence-corrected chi connectivity index (χ0v) is 15.2. The van der Waals surface area contributed by atoms with Gasteiger partial charge in [-0.05, 0) is 62.2 Å². The summed E-state index contributed by atoms with van der Waals surface area (Å²) in [6.07, 6.45) is 1.53. The summed E-state index contributed by atoms with van der Waals surface area (Å²) in [6, 6.07) is 14.7. The van der Waals surface area contributed by atoms with E-state index in [9.17, 15) is 10.1 Å². The van der Waals surface area contributed by atoms with Crippen molar-refractivity contribution in [1.29, 1.82) is 5.26 Å². The summed E-state index contributed by atoms with van der Waals surface area (Å²) in [6.45, 7) is 6.73. The number of ether oxygens (including phenoxy) is 2. The van der Waals surface area contributed by atoms with Crippen LogP contribution >= 0.6 is 0 Å². The molecule has 0 spiro atoms. The predicted octanol–water partition coefficient (Wildman–Crippen LogP) is 4.34. The molecule has 0 radical (unpaired) electrons. The first-order valence-electron chi connectivity index (χ1n) is 8.46. The summed E-state index contributed by atoms with van der Waals surface area (Å²) in [4.78, 5) is 12.4. The molecule has 0 fully saturated rings. The van der Waals surface area contributed by atoms with Crippen LogP contribution < -0.4 is 14.8 Å². The molecule has 0 unspecified atom stereocenters. The lowest BCUT2D eigenvalue weighted by Crippen LogP contribution is -2.13. The summed E-state index contributed by atoms with van der Waals surface area (Å²) in [5, 5.41) is 12.1. The minimum atomic E-state index is -0.454. The van der Waals surface area contributed by atoms with Gasteiger partial charge in [0.25, 0.3) is 5.91 Å². The molecule has 0 aliphatic carbocycles. The fourth-order valence-corrected chi connectivity index (χ4v) is 2.39. The Hall–Kier alpha value is -3.26. The van der Waals surface area contributed by atoms with Gasteiger partial charge in [-0.3, -0.25) is 4.79 Å². The number of nitrogens with zero attached hydrogens (tertiary/aromatic N) is 1.